The van der Waals surface area contributed by atoms with E-state index in [1.807, 2.05) is 32.9 Å². The number of thiazole rings is 1. The lowest BCUT2D eigenvalue weighted by Gasteiger charge is -2.27. The van der Waals surface area contributed by atoms with Crippen LogP contribution < -0.4 is 5.32 Å². The van der Waals surface area contributed by atoms with Crippen molar-refractivity contribution in [2.45, 2.75) is 38.6 Å². The zero-order valence-corrected chi connectivity index (χ0v) is 18.6. The number of rotatable bonds is 4. The number of sulfonamides is 1. The summed E-state index contributed by atoms with van der Waals surface area (Å²) in [5.74, 6) is -0.336. The molecule has 30 heavy (non-hydrogen) atoms. The van der Waals surface area contributed by atoms with Crippen LogP contribution in [0.3, 0.4) is 0 Å². The van der Waals surface area contributed by atoms with Gasteiger partial charge in [0.1, 0.15) is 5.69 Å². The molecule has 0 saturated heterocycles. The van der Waals surface area contributed by atoms with Gasteiger partial charge >= 0.3 is 0 Å². The Morgan fingerprint density at radius 3 is 2.57 bits per heavy atom. The second kappa shape index (κ2) is 7.90. The van der Waals surface area contributed by atoms with Crippen molar-refractivity contribution in [3.05, 3.63) is 69.5 Å². The summed E-state index contributed by atoms with van der Waals surface area (Å²) in [6.07, 6.45) is 2.06. The molecular weight excluding hydrogens is 420 g/mol. The van der Waals surface area contributed by atoms with Gasteiger partial charge in [-0.05, 0) is 44.0 Å². The number of hydrogen-bond acceptors (Lipinski definition) is 6. The SMILES string of the molecule is Cc1cc(C)c(S(=O)(=O)N2CCc3nc(NC(=O)c4ccccn4)sc3C2)c(C)c1. The van der Waals surface area contributed by atoms with Crippen LogP contribution in [0.5, 0.6) is 0 Å². The van der Waals surface area contributed by atoms with Gasteiger partial charge in [0.2, 0.25) is 10.0 Å². The Bertz CT molecular complexity index is 1200. The summed E-state index contributed by atoms with van der Waals surface area (Å²) in [5.41, 5.74) is 3.69. The van der Waals surface area contributed by atoms with Crippen molar-refractivity contribution in [1.29, 1.82) is 0 Å². The van der Waals surface area contributed by atoms with Crippen LogP contribution in [0.2, 0.25) is 0 Å². The molecule has 1 aromatic carbocycles. The summed E-state index contributed by atoms with van der Waals surface area (Å²) in [4.78, 5) is 22.1. The van der Waals surface area contributed by atoms with Crippen LogP contribution in [0.1, 0.15) is 37.7 Å². The number of aromatic nitrogens is 2. The maximum absolute atomic E-state index is 13.4. The number of pyridine rings is 1. The van der Waals surface area contributed by atoms with Crippen LogP contribution in [-0.4, -0.2) is 35.1 Å². The maximum Gasteiger partial charge on any atom is 0.276 e. The fourth-order valence-corrected chi connectivity index (χ4v) is 6.71. The number of nitrogens with zero attached hydrogens (tertiary/aromatic N) is 3. The van der Waals surface area contributed by atoms with Crippen molar-refractivity contribution in [2.24, 2.45) is 0 Å². The smallest absolute Gasteiger partial charge is 0.276 e. The lowest BCUT2D eigenvalue weighted by Crippen LogP contribution is -2.36. The molecule has 1 amide bonds. The Hall–Kier alpha value is -2.62. The normalized spacial score (nSPS) is 14.4. The highest BCUT2D eigenvalue weighted by atomic mass is 32.2. The number of carbonyl (C=O) groups excluding carboxylic acids is 1. The van der Waals surface area contributed by atoms with Gasteiger partial charge in [-0.2, -0.15) is 4.31 Å². The van der Waals surface area contributed by atoms with Gasteiger partial charge in [-0.15, -0.1) is 11.3 Å². The summed E-state index contributed by atoms with van der Waals surface area (Å²) in [6, 6.07) is 8.90. The molecule has 156 valence electrons. The van der Waals surface area contributed by atoms with Gasteiger partial charge in [0, 0.05) is 24.0 Å². The second-order valence-electron chi connectivity index (χ2n) is 7.37. The minimum absolute atomic E-state index is 0.252. The zero-order chi connectivity index (χ0) is 21.5. The van der Waals surface area contributed by atoms with Gasteiger partial charge < -0.3 is 0 Å². The lowest BCUT2D eigenvalue weighted by molar-refractivity contribution is 0.102. The van der Waals surface area contributed by atoms with E-state index in [0.29, 0.717) is 28.7 Å². The molecule has 0 radical (unpaired) electrons. The fraction of sp³-hybridized carbons (Fsp3) is 0.286. The van der Waals surface area contributed by atoms with E-state index in [-0.39, 0.29) is 12.5 Å². The van der Waals surface area contributed by atoms with E-state index in [1.165, 1.54) is 15.6 Å². The molecule has 2 aromatic heterocycles. The number of fused-ring (bicyclic) bond motifs is 1. The van der Waals surface area contributed by atoms with E-state index in [9.17, 15) is 13.2 Å². The van der Waals surface area contributed by atoms with Crippen molar-refractivity contribution < 1.29 is 13.2 Å². The number of benzene rings is 1. The van der Waals surface area contributed by atoms with E-state index in [4.69, 9.17) is 0 Å². The van der Waals surface area contributed by atoms with Gasteiger partial charge in [-0.25, -0.2) is 13.4 Å². The molecule has 7 nitrogen and oxygen atoms in total. The van der Waals surface area contributed by atoms with Gasteiger partial charge in [0.05, 0.1) is 17.1 Å². The average molecular weight is 443 g/mol. The molecule has 0 aliphatic carbocycles. The third-order valence-electron chi connectivity index (χ3n) is 5.02. The van der Waals surface area contributed by atoms with Crippen LogP contribution in [0.15, 0.2) is 41.4 Å². The molecule has 0 fully saturated rings. The number of nitrogens with one attached hydrogen (secondary N) is 1. The third-order valence-corrected chi connectivity index (χ3v) is 8.17. The Morgan fingerprint density at radius 1 is 1.17 bits per heavy atom. The van der Waals surface area contributed by atoms with Crippen LogP contribution in [0.4, 0.5) is 5.13 Å². The molecule has 1 aliphatic rings. The van der Waals surface area contributed by atoms with Crippen molar-refractivity contribution in [2.75, 3.05) is 11.9 Å². The van der Waals surface area contributed by atoms with Crippen molar-refractivity contribution >= 4 is 32.4 Å². The molecular formula is C21H22N4O3S2. The first-order valence-electron chi connectivity index (χ1n) is 9.54. The van der Waals surface area contributed by atoms with Crippen LogP contribution in [-0.2, 0) is 23.0 Å². The summed E-state index contributed by atoms with van der Waals surface area (Å²) >= 11 is 1.31. The largest absolute Gasteiger partial charge is 0.296 e. The highest BCUT2D eigenvalue weighted by molar-refractivity contribution is 7.89. The predicted octanol–water partition coefficient (Wildman–Crippen LogP) is 3.46. The van der Waals surface area contributed by atoms with Gasteiger partial charge in [-0.3, -0.25) is 15.1 Å². The first kappa shape index (κ1) is 20.6. The Morgan fingerprint density at radius 2 is 1.90 bits per heavy atom. The summed E-state index contributed by atoms with van der Waals surface area (Å²) < 4.78 is 28.2. The summed E-state index contributed by atoms with van der Waals surface area (Å²) in [5, 5.41) is 3.22. The average Bonchev–Trinajstić information content (AvgIpc) is 3.09. The molecule has 1 N–H and O–H groups in total. The van der Waals surface area contributed by atoms with Crippen molar-refractivity contribution in [3.8, 4) is 0 Å². The fourth-order valence-electron chi connectivity index (χ4n) is 3.79. The lowest BCUT2D eigenvalue weighted by atomic mass is 10.1. The topological polar surface area (TPSA) is 92.3 Å². The van der Waals surface area contributed by atoms with E-state index in [2.05, 4.69) is 15.3 Å². The molecule has 0 saturated carbocycles. The molecule has 0 spiro atoms. The Labute approximate surface area is 179 Å². The summed E-state index contributed by atoms with van der Waals surface area (Å²) in [6.45, 7) is 6.24. The number of amides is 1. The predicted molar refractivity (Wildman–Crippen MR) is 116 cm³/mol. The first-order valence-corrected chi connectivity index (χ1v) is 11.8. The van der Waals surface area contributed by atoms with Gasteiger partial charge in [-0.1, -0.05) is 23.8 Å². The van der Waals surface area contributed by atoms with Crippen LogP contribution in [0, 0.1) is 20.8 Å². The van der Waals surface area contributed by atoms with Crippen LogP contribution in [0.25, 0.3) is 0 Å². The van der Waals surface area contributed by atoms with E-state index < -0.39 is 10.0 Å². The molecule has 0 bridgehead atoms. The quantitative estimate of drug-likeness (QED) is 0.668. The number of anilines is 1. The molecule has 9 heteroatoms. The molecule has 0 unspecified atom stereocenters. The van der Waals surface area contributed by atoms with E-state index >= 15 is 0 Å². The summed E-state index contributed by atoms with van der Waals surface area (Å²) in [7, 11) is -3.62. The Kier molecular flexibility index (Phi) is 5.44. The molecule has 3 aromatic rings. The van der Waals surface area contributed by atoms with E-state index in [1.54, 1.807) is 24.4 Å². The Balaban J connectivity index is 1.56. The standard InChI is InChI=1S/C21H22N4O3S2/c1-13-10-14(2)19(15(3)11-13)30(27,28)25-9-7-16-18(12-25)29-21(23-16)24-20(26)17-6-4-5-8-22-17/h4-6,8,10-11H,7,9,12H2,1-3H3,(H,23,24,26). The maximum atomic E-state index is 13.4. The van der Waals surface area contributed by atoms with Crippen molar-refractivity contribution in [3.63, 3.8) is 0 Å². The second-order valence-corrected chi connectivity index (χ2v) is 10.3. The van der Waals surface area contributed by atoms with Gasteiger partial charge in [0.25, 0.3) is 5.91 Å². The molecule has 1 aliphatic heterocycles. The molecule has 0 atom stereocenters. The molecule has 4 rings (SSSR count). The van der Waals surface area contributed by atoms with Gasteiger partial charge in [0.15, 0.2) is 5.13 Å². The highest BCUT2D eigenvalue weighted by Crippen LogP contribution is 2.33. The number of aryl methyl sites for hydroxylation is 3. The number of hydrogen-bond donors (Lipinski definition) is 1. The minimum Gasteiger partial charge on any atom is -0.296 e. The monoisotopic (exact) mass is 442 g/mol. The highest BCUT2D eigenvalue weighted by Gasteiger charge is 2.32. The van der Waals surface area contributed by atoms with Crippen LogP contribution >= 0.6 is 11.3 Å². The van der Waals surface area contributed by atoms with E-state index in [0.717, 1.165) is 27.3 Å². The molecule has 3 heterocycles. The minimum atomic E-state index is -3.62. The number of carbonyl (C=O) groups is 1. The van der Waals surface area contributed by atoms with Crippen molar-refractivity contribution in [1.82, 2.24) is 14.3 Å². The third kappa shape index (κ3) is 3.88. The zero-order valence-electron chi connectivity index (χ0n) is 17.0. The first-order chi connectivity index (χ1) is 14.3.